The minimum absolute atomic E-state index is 0.0926. The molecule has 18 heavy (non-hydrogen) atoms. The largest absolute Gasteiger partial charge is 0.395 e. The molecule has 0 aliphatic carbocycles. The van der Waals surface area contributed by atoms with E-state index in [1.54, 1.807) is 0 Å². The monoisotopic (exact) mass is 396 g/mol. The number of amides is 1. The summed E-state index contributed by atoms with van der Waals surface area (Å²) in [5.41, 5.74) is 0. The fourth-order valence-electron chi connectivity index (χ4n) is 1.92. The van der Waals surface area contributed by atoms with Gasteiger partial charge < -0.3 is 10.0 Å². The van der Waals surface area contributed by atoms with Gasteiger partial charge in [0.05, 0.1) is 15.3 Å². The molecule has 7 heteroatoms. The second-order valence-electron chi connectivity index (χ2n) is 4.09. The highest BCUT2D eigenvalue weighted by molar-refractivity contribution is 9.13. The number of carbonyl (C=O) groups is 1. The summed E-state index contributed by atoms with van der Waals surface area (Å²) in [7, 11) is 0. The number of rotatable bonds is 3. The molecule has 100 valence electrons. The van der Waals surface area contributed by atoms with E-state index in [1.165, 1.54) is 11.3 Å². The Morgan fingerprint density at radius 3 is 2.50 bits per heavy atom. The summed E-state index contributed by atoms with van der Waals surface area (Å²) in [6.07, 6.45) is 0. The number of hydrogen-bond acceptors (Lipinski definition) is 4. The molecule has 0 unspecified atom stereocenters. The molecule has 0 spiro atoms. The first kappa shape index (κ1) is 14.5. The van der Waals surface area contributed by atoms with Crippen LogP contribution in [0.25, 0.3) is 0 Å². The minimum atomic E-state index is 0.0926. The summed E-state index contributed by atoms with van der Waals surface area (Å²) in [5.74, 6) is 0.0926. The van der Waals surface area contributed by atoms with Gasteiger partial charge in [0.1, 0.15) is 0 Å². The Morgan fingerprint density at radius 2 is 2.00 bits per heavy atom. The van der Waals surface area contributed by atoms with Crippen molar-refractivity contribution in [3.63, 3.8) is 0 Å². The summed E-state index contributed by atoms with van der Waals surface area (Å²) in [6, 6.07) is 1.86. The maximum Gasteiger partial charge on any atom is 0.264 e. The number of aliphatic hydroxyl groups excluding tert-OH is 1. The maximum absolute atomic E-state index is 12.3. The van der Waals surface area contributed by atoms with Crippen molar-refractivity contribution in [1.29, 1.82) is 0 Å². The molecule has 1 fully saturated rings. The molecule has 1 aromatic heterocycles. The van der Waals surface area contributed by atoms with Gasteiger partial charge in [-0.15, -0.1) is 11.3 Å². The second-order valence-corrected chi connectivity index (χ2v) is 7.31. The van der Waals surface area contributed by atoms with Crippen LogP contribution in [-0.2, 0) is 0 Å². The van der Waals surface area contributed by atoms with Crippen LogP contribution in [0.5, 0.6) is 0 Å². The van der Waals surface area contributed by atoms with Gasteiger partial charge in [-0.3, -0.25) is 9.69 Å². The van der Waals surface area contributed by atoms with Crippen LogP contribution in [0.15, 0.2) is 14.3 Å². The lowest BCUT2D eigenvalue weighted by Crippen LogP contribution is -2.49. The van der Waals surface area contributed by atoms with E-state index in [0.29, 0.717) is 6.54 Å². The molecule has 1 N–H and O–H groups in total. The van der Waals surface area contributed by atoms with Crippen molar-refractivity contribution in [3.05, 3.63) is 19.2 Å². The highest BCUT2D eigenvalue weighted by atomic mass is 79.9. The predicted octanol–water partition coefficient (Wildman–Crippen LogP) is 2.02. The van der Waals surface area contributed by atoms with Crippen molar-refractivity contribution in [3.8, 4) is 0 Å². The molecular weight excluding hydrogens is 384 g/mol. The van der Waals surface area contributed by atoms with Gasteiger partial charge in [-0.25, -0.2) is 0 Å². The lowest BCUT2D eigenvalue weighted by atomic mass is 10.3. The Labute approximate surface area is 127 Å². The van der Waals surface area contributed by atoms with E-state index in [9.17, 15) is 4.79 Å². The SMILES string of the molecule is O=C(c1cc(Br)c(Br)s1)N1CCN(CCO)CC1. The normalized spacial score (nSPS) is 17.2. The summed E-state index contributed by atoms with van der Waals surface area (Å²) < 4.78 is 1.87. The molecule has 0 aromatic carbocycles. The zero-order valence-corrected chi connectivity index (χ0v) is 13.7. The molecule has 0 atom stereocenters. The number of nitrogens with zero attached hydrogens (tertiary/aromatic N) is 2. The second kappa shape index (κ2) is 6.47. The van der Waals surface area contributed by atoms with Crippen LogP contribution in [0.2, 0.25) is 0 Å². The van der Waals surface area contributed by atoms with Crippen LogP contribution < -0.4 is 0 Å². The molecular formula is C11H14Br2N2O2S. The molecule has 0 radical (unpaired) electrons. The highest BCUT2D eigenvalue weighted by Crippen LogP contribution is 2.33. The van der Waals surface area contributed by atoms with Gasteiger partial charge in [0.15, 0.2) is 0 Å². The zero-order chi connectivity index (χ0) is 13.1. The molecule has 4 nitrogen and oxygen atoms in total. The van der Waals surface area contributed by atoms with E-state index < -0.39 is 0 Å². The predicted molar refractivity (Wildman–Crippen MR) is 79.1 cm³/mol. The molecule has 0 bridgehead atoms. The van der Waals surface area contributed by atoms with Gasteiger partial charge in [-0.1, -0.05) is 0 Å². The van der Waals surface area contributed by atoms with E-state index in [4.69, 9.17) is 5.11 Å². The van der Waals surface area contributed by atoms with Crippen LogP contribution in [0.3, 0.4) is 0 Å². The first-order chi connectivity index (χ1) is 8.61. The Kier molecular flexibility index (Phi) is 5.20. The third kappa shape index (κ3) is 3.33. The molecule has 1 aliphatic rings. The number of carbonyl (C=O) groups excluding carboxylic acids is 1. The highest BCUT2D eigenvalue weighted by Gasteiger charge is 2.23. The molecule has 1 aliphatic heterocycles. The number of piperazine rings is 1. The average Bonchev–Trinajstić information content (AvgIpc) is 2.70. The van der Waals surface area contributed by atoms with E-state index in [-0.39, 0.29) is 12.5 Å². The first-order valence-electron chi connectivity index (χ1n) is 5.69. The standard InChI is InChI=1S/C11H14Br2N2O2S/c12-8-7-9(18-10(8)13)11(17)15-3-1-14(2-4-15)5-6-16/h7,16H,1-6H2. The quantitative estimate of drug-likeness (QED) is 0.848. The van der Waals surface area contributed by atoms with E-state index in [1.807, 2.05) is 11.0 Å². The summed E-state index contributed by atoms with van der Waals surface area (Å²) in [6.45, 7) is 3.99. The molecule has 0 saturated carbocycles. The van der Waals surface area contributed by atoms with Gasteiger partial charge in [-0.05, 0) is 37.9 Å². The van der Waals surface area contributed by atoms with Crippen molar-refractivity contribution in [2.45, 2.75) is 0 Å². The number of aliphatic hydroxyl groups is 1. The third-order valence-electron chi connectivity index (χ3n) is 2.93. The lowest BCUT2D eigenvalue weighted by molar-refractivity contribution is 0.0619. The number of hydrogen-bond donors (Lipinski definition) is 1. The molecule has 1 saturated heterocycles. The smallest absolute Gasteiger partial charge is 0.264 e. The minimum Gasteiger partial charge on any atom is -0.395 e. The van der Waals surface area contributed by atoms with Gasteiger partial charge in [0, 0.05) is 37.2 Å². The maximum atomic E-state index is 12.3. The Balaban J connectivity index is 1.95. The Morgan fingerprint density at radius 1 is 1.33 bits per heavy atom. The zero-order valence-electron chi connectivity index (χ0n) is 9.73. The molecule has 1 amide bonds. The van der Waals surface area contributed by atoms with E-state index in [2.05, 4.69) is 36.8 Å². The van der Waals surface area contributed by atoms with Gasteiger partial charge >= 0.3 is 0 Å². The topological polar surface area (TPSA) is 43.8 Å². The number of halogens is 2. The summed E-state index contributed by atoms with van der Waals surface area (Å²) in [5, 5.41) is 8.87. The lowest BCUT2D eigenvalue weighted by Gasteiger charge is -2.34. The molecule has 2 heterocycles. The molecule has 1 aromatic rings. The van der Waals surface area contributed by atoms with E-state index >= 15 is 0 Å². The van der Waals surface area contributed by atoms with Crippen LogP contribution in [0.1, 0.15) is 9.67 Å². The van der Waals surface area contributed by atoms with Crippen molar-refractivity contribution >= 4 is 49.1 Å². The number of thiophene rings is 1. The van der Waals surface area contributed by atoms with Gasteiger partial charge in [0.2, 0.25) is 0 Å². The van der Waals surface area contributed by atoms with Crippen LogP contribution in [0, 0.1) is 0 Å². The Hall–Kier alpha value is 0.0500. The van der Waals surface area contributed by atoms with Gasteiger partial charge in [-0.2, -0.15) is 0 Å². The first-order valence-corrected chi connectivity index (χ1v) is 8.09. The summed E-state index contributed by atoms with van der Waals surface area (Å²) in [4.78, 5) is 17.1. The van der Waals surface area contributed by atoms with Crippen LogP contribution in [0.4, 0.5) is 0 Å². The van der Waals surface area contributed by atoms with Gasteiger partial charge in [0.25, 0.3) is 5.91 Å². The fourth-order valence-corrected chi connectivity index (χ4v) is 3.93. The summed E-state index contributed by atoms with van der Waals surface area (Å²) >= 11 is 8.25. The van der Waals surface area contributed by atoms with Crippen LogP contribution >= 0.6 is 43.2 Å². The third-order valence-corrected chi connectivity index (χ3v) is 6.18. The van der Waals surface area contributed by atoms with Crippen LogP contribution in [-0.4, -0.2) is 60.1 Å². The fraction of sp³-hybridized carbons (Fsp3) is 0.545. The van der Waals surface area contributed by atoms with Crippen molar-refractivity contribution in [2.24, 2.45) is 0 Å². The van der Waals surface area contributed by atoms with E-state index in [0.717, 1.165) is 39.3 Å². The average molecular weight is 398 g/mol. The van der Waals surface area contributed by atoms with Crippen molar-refractivity contribution < 1.29 is 9.90 Å². The molecule has 2 rings (SSSR count). The number of β-amino-alcohol motifs (C(OH)–C–C–N with tert-alkyl or cyclic N) is 1. The Bertz CT molecular complexity index is 411. The van der Waals surface area contributed by atoms with Crippen molar-refractivity contribution in [2.75, 3.05) is 39.3 Å². The van der Waals surface area contributed by atoms with Crippen molar-refractivity contribution in [1.82, 2.24) is 9.80 Å².